The molecule has 0 aliphatic heterocycles. The van der Waals surface area contributed by atoms with E-state index < -0.39 is 10.1 Å². The van der Waals surface area contributed by atoms with E-state index in [1.165, 1.54) is 19.4 Å². The van der Waals surface area contributed by atoms with Gasteiger partial charge in [0.25, 0.3) is 10.1 Å². The maximum absolute atomic E-state index is 12.0. The summed E-state index contributed by atoms with van der Waals surface area (Å²) < 4.78 is 41.0. The number of carbonyl (C=O) groups is 2. The van der Waals surface area contributed by atoms with Gasteiger partial charge in [0.1, 0.15) is 12.2 Å². The summed E-state index contributed by atoms with van der Waals surface area (Å²) in [4.78, 5) is 23.5. The van der Waals surface area contributed by atoms with Crippen molar-refractivity contribution in [2.45, 2.75) is 91.3 Å². The highest BCUT2D eigenvalue weighted by atomic mass is 32.2. The van der Waals surface area contributed by atoms with E-state index in [4.69, 9.17) is 13.7 Å². The first-order chi connectivity index (χ1) is 15.9. The van der Waals surface area contributed by atoms with E-state index in [-0.39, 0.29) is 41.6 Å². The molecule has 0 amide bonds. The minimum atomic E-state index is -3.59. The van der Waals surface area contributed by atoms with E-state index in [0.29, 0.717) is 36.5 Å². The largest absolute Gasteiger partial charge is 0.462 e. The summed E-state index contributed by atoms with van der Waals surface area (Å²) in [5, 5.41) is 0. The molecule has 0 aromatic rings. The Morgan fingerprint density at radius 2 is 1.82 bits per heavy atom. The molecule has 8 heteroatoms. The van der Waals surface area contributed by atoms with Crippen LogP contribution in [-0.4, -0.2) is 45.4 Å². The van der Waals surface area contributed by atoms with Crippen LogP contribution >= 0.6 is 0 Å². The second kappa shape index (κ2) is 9.23. The second-order valence-electron chi connectivity index (χ2n) is 11.4. The van der Waals surface area contributed by atoms with Crippen molar-refractivity contribution in [2.75, 3.05) is 12.9 Å². The molecule has 0 heterocycles. The van der Waals surface area contributed by atoms with Crippen LogP contribution in [0.1, 0.15) is 79.1 Å². The first-order valence-corrected chi connectivity index (χ1v) is 14.6. The monoisotopic (exact) mass is 496 g/mol. The van der Waals surface area contributed by atoms with Crippen LogP contribution in [0.4, 0.5) is 0 Å². The standard InChI is InChI=1S/C26H40O7S/c1-6-18-13-23(33-17(3)28)25(4)11-10-22-21(24(18)25)8-7-19-14-20(32-16(2)27)9-12-26(19,22)15-31-34(5,29)30/h7,18,20-24H,6,8-15H2,1-5H3/t18-,20-,21+,22-,23-,24-,25+,26+/m0/s1. The van der Waals surface area contributed by atoms with Gasteiger partial charge in [-0.15, -0.1) is 0 Å². The third-order valence-corrected chi connectivity index (χ3v) is 10.1. The Hall–Kier alpha value is -1.41. The number of hydrogen-bond donors (Lipinski definition) is 0. The third kappa shape index (κ3) is 4.57. The molecule has 0 bridgehead atoms. The van der Waals surface area contributed by atoms with Gasteiger partial charge in [0.15, 0.2) is 0 Å². The minimum Gasteiger partial charge on any atom is -0.462 e. The zero-order chi connectivity index (χ0) is 24.9. The van der Waals surface area contributed by atoms with Gasteiger partial charge in [-0.3, -0.25) is 13.8 Å². The number of ether oxygens (including phenoxy) is 2. The average molecular weight is 497 g/mol. The number of esters is 2. The van der Waals surface area contributed by atoms with Gasteiger partial charge in [-0.2, -0.15) is 8.42 Å². The topological polar surface area (TPSA) is 96.0 Å². The Labute approximate surface area is 204 Å². The van der Waals surface area contributed by atoms with Crippen molar-refractivity contribution in [1.82, 2.24) is 0 Å². The highest BCUT2D eigenvalue weighted by Gasteiger charge is 2.63. The normalized spacial score (nSPS) is 41.5. The molecule has 4 aliphatic carbocycles. The smallest absolute Gasteiger partial charge is 0.302 e. The average Bonchev–Trinajstić information content (AvgIpc) is 3.02. The highest BCUT2D eigenvalue weighted by molar-refractivity contribution is 7.85. The lowest BCUT2D eigenvalue weighted by Gasteiger charge is -2.59. The maximum atomic E-state index is 12.0. The molecular formula is C26H40O7S. The van der Waals surface area contributed by atoms with E-state index in [9.17, 15) is 18.0 Å². The molecule has 3 fully saturated rings. The van der Waals surface area contributed by atoms with Gasteiger partial charge in [0.05, 0.1) is 12.9 Å². The molecule has 0 unspecified atom stereocenters. The molecule has 192 valence electrons. The summed E-state index contributed by atoms with van der Waals surface area (Å²) in [6.07, 6.45) is 10.1. The van der Waals surface area contributed by atoms with Crippen LogP contribution < -0.4 is 0 Å². The van der Waals surface area contributed by atoms with Crippen molar-refractivity contribution in [2.24, 2.45) is 34.5 Å². The first-order valence-electron chi connectivity index (χ1n) is 12.8. The molecule has 3 saturated carbocycles. The van der Waals surface area contributed by atoms with E-state index >= 15 is 0 Å². The van der Waals surface area contributed by atoms with Crippen LogP contribution in [0.5, 0.6) is 0 Å². The molecule has 0 N–H and O–H groups in total. The summed E-state index contributed by atoms with van der Waals surface area (Å²) in [6.45, 7) is 7.61. The first kappa shape index (κ1) is 25.7. The molecular weight excluding hydrogens is 456 g/mol. The van der Waals surface area contributed by atoms with Gasteiger partial charge in [-0.1, -0.05) is 31.9 Å². The summed E-state index contributed by atoms with van der Waals surface area (Å²) in [7, 11) is -3.59. The molecule has 8 atom stereocenters. The van der Waals surface area contributed by atoms with E-state index in [0.717, 1.165) is 44.8 Å². The van der Waals surface area contributed by atoms with Gasteiger partial charge in [0, 0.05) is 31.1 Å². The predicted molar refractivity (Wildman–Crippen MR) is 127 cm³/mol. The lowest BCUT2D eigenvalue weighted by atomic mass is 9.46. The Kier molecular flexibility index (Phi) is 6.97. The highest BCUT2D eigenvalue weighted by Crippen LogP contribution is 2.67. The summed E-state index contributed by atoms with van der Waals surface area (Å²) in [5.41, 5.74) is 0.773. The van der Waals surface area contributed by atoms with Gasteiger partial charge in [-0.05, 0) is 62.2 Å². The van der Waals surface area contributed by atoms with Gasteiger partial charge >= 0.3 is 11.9 Å². The number of carbonyl (C=O) groups excluding carboxylic acids is 2. The molecule has 34 heavy (non-hydrogen) atoms. The lowest BCUT2D eigenvalue weighted by molar-refractivity contribution is -0.158. The minimum absolute atomic E-state index is 0.0609. The number of fused-ring (bicyclic) bond motifs is 5. The number of rotatable bonds is 6. The third-order valence-electron chi connectivity index (χ3n) is 9.54. The van der Waals surface area contributed by atoms with Crippen molar-refractivity contribution in [3.8, 4) is 0 Å². The molecule has 4 aliphatic rings. The molecule has 4 rings (SSSR count). The van der Waals surface area contributed by atoms with Gasteiger partial charge < -0.3 is 9.47 Å². The molecule has 0 radical (unpaired) electrons. The Balaban J connectivity index is 1.69. The van der Waals surface area contributed by atoms with Crippen molar-refractivity contribution in [1.29, 1.82) is 0 Å². The lowest BCUT2D eigenvalue weighted by Crippen LogP contribution is -2.55. The van der Waals surface area contributed by atoms with Crippen LogP contribution in [0.25, 0.3) is 0 Å². The zero-order valence-electron chi connectivity index (χ0n) is 21.2. The molecule has 7 nitrogen and oxygen atoms in total. The summed E-state index contributed by atoms with van der Waals surface area (Å²) >= 11 is 0. The Morgan fingerprint density at radius 3 is 2.44 bits per heavy atom. The van der Waals surface area contributed by atoms with E-state index in [1.54, 1.807) is 0 Å². The summed E-state index contributed by atoms with van der Waals surface area (Å²) in [5.74, 6) is 1.09. The van der Waals surface area contributed by atoms with Crippen molar-refractivity contribution < 1.29 is 31.7 Å². The van der Waals surface area contributed by atoms with Crippen molar-refractivity contribution in [3.05, 3.63) is 11.6 Å². The molecule has 0 saturated heterocycles. The molecule has 0 aromatic heterocycles. The second-order valence-corrected chi connectivity index (χ2v) is 13.0. The molecule has 0 spiro atoms. The predicted octanol–water partition coefficient (Wildman–Crippen LogP) is 4.41. The fourth-order valence-electron chi connectivity index (χ4n) is 8.28. The van der Waals surface area contributed by atoms with Gasteiger partial charge in [0.2, 0.25) is 0 Å². The van der Waals surface area contributed by atoms with Crippen LogP contribution in [-0.2, 0) is 33.4 Å². The maximum Gasteiger partial charge on any atom is 0.302 e. The Bertz CT molecular complexity index is 956. The fraction of sp³-hybridized carbons (Fsp3) is 0.846. The van der Waals surface area contributed by atoms with Crippen molar-refractivity contribution in [3.63, 3.8) is 0 Å². The van der Waals surface area contributed by atoms with Crippen LogP contribution in [0.3, 0.4) is 0 Å². The SMILES string of the molecule is CC[C@H]1C[C@H](OC(C)=O)[C@@]2(C)CC[C@H]3[C@@H](CC=C4C[C@@H](OC(C)=O)CC[C@@]43COS(C)(=O)=O)[C@H]12. The molecule has 0 aromatic carbocycles. The quantitative estimate of drug-likeness (QED) is 0.305. The van der Waals surface area contributed by atoms with E-state index in [1.807, 2.05) is 0 Å². The van der Waals surface area contributed by atoms with Gasteiger partial charge in [-0.25, -0.2) is 0 Å². The van der Waals surface area contributed by atoms with Crippen LogP contribution in [0.15, 0.2) is 11.6 Å². The zero-order valence-corrected chi connectivity index (χ0v) is 22.0. The van der Waals surface area contributed by atoms with Crippen molar-refractivity contribution >= 4 is 22.1 Å². The number of allylic oxidation sites excluding steroid dienone is 1. The fourth-order valence-corrected chi connectivity index (χ4v) is 8.70. The van der Waals surface area contributed by atoms with E-state index in [2.05, 4.69) is 19.9 Å². The Morgan fingerprint density at radius 1 is 1.12 bits per heavy atom. The summed E-state index contributed by atoms with van der Waals surface area (Å²) in [6, 6.07) is 0. The number of hydrogen-bond acceptors (Lipinski definition) is 7. The van der Waals surface area contributed by atoms with Crippen LogP contribution in [0.2, 0.25) is 0 Å². The van der Waals surface area contributed by atoms with Crippen LogP contribution in [0, 0.1) is 34.5 Å².